The fourth-order valence-electron chi connectivity index (χ4n) is 2.30. The van der Waals surface area contributed by atoms with Crippen molar-refractivity contribution in [3.63, 3.8) is 0 Å². The number of hydrogen-bond donors (Lipinski definition) is 1. The van der Waals surface area contributed by atoms with E-state index in [4.69, 9.17) is 32.7 Å². The molecule has 3 nitrogen and oxygen atoms in total. The van der Waals surface area contributed by atoms with Crippen LogP contribution in [0.15, 0.2) is 36.4 Å². The first kappa shape index (κ1) is 16.4. The molecule has 0 heterocycles. The molecule has 23 heavy (non-hydrogen) atoms. The van der Waals surface area contributed by atoms with Gasteiger partial charge in [-0.25, -0.2) is 0 Å². The number of rotatable bonds is 7. The zero-order chi connectivity index (χ0) is 16.2. The minimum absolute atomic E-state index is 0.367. The summed E-state index contributed by atoms with van der Waals surface area (Å²) >= 11 is 12.5. The molecular formula is C18H19Cl2NO2. The largest absolute Gasteiger partial charge is 0.493 e. The fourth-order valence-corrected chi connectivity index (χ4v) is 2.71. The Labute approximate surface area is 146 Å². The van der Waals surface area contributed by atoms with E-state index in [0.29, 0.717) is 34.2 Å². The molecule has 1 fully saturated rings. The van der Waals surface area contributed by atoms with Crippen molar-refractivity contribution in [1.29, 1.82) is 0 Å². The van der Waals surface area contributed by atoms with Crippen LogP contribution in [0.3, 0.4) is 0 Å². The Morgan fingerprint density at radius 2 is 1.83 bits per heavy atom. The van der Waals surface area contributed by atoms with Crippen molar-refractivity contribution < 1.29 is 9.47 Å². The number of nitrogens with one attached hydrogen (secondary N) is 1. The first-order valence-corrected chi connectivity index (χ1v) is 8.39. The van der Waals surface area contributed by atoms with Gasteiger partial charge in [-0.3, -0.25) is 0 Å². The van der Waals surface area contributed by atoms with E-state index in [1.807, 2.05) is 30.3 Å². The topological polar surface area (TPSA) is 30.5 Å². The van der Waals surface area contributed by atoms with Gasteiger partial charge in [-0.15, -0.1) is 0 Å². The smallest absolute Gasteiger partial charge is 0.163 e. The first-order valence-electron chi connectivity index (χ1n) is 7.63. The van der Waals surface area contributed by atoms with Gasteiger partial charge in [0.1, 0.15) is 6.61 Å². The lowest BCUT2D eigenvalue weighted by Crippen LogP contribution is -2.15. The van der Waals surface area contributed by atoms with Crippen molar-refractivity contribution in [3.8, 4) is 11.5 Å². The normalized spacial score (nSPS) is 13.9. The second-order valence-corrected chi connectivity index (χ2v) is 6.44. The molecule has 0 radical (unpaired) electrons. The molecule has 0 spiro atoms. The molecule has 0 saturated heterocycles. The Morgan fingerprint density at radius 1 is 1.04 bits per heavy atom. The van der Waals surface area contributed by atoms with Crippen LogP contribution in [-0.4, -0.2) is 13.2 Å². The molecule has 1 aliphatic carbocycles. The Morgan fingerprint density at radius 3 is 2.52 bits per heavy atom. The number of benzene rings is 2. The van der Waals surface area contributed by atoms with E-state index >= 15 is 0 Å². The van der Waals surface area contributed by atoms with Gasteiger partial charge in [-0.2, -0.15) is 0 Å². The first-order chi connectivity index (χ1) is 11.2. The molecule has 1 saturated carbocycles. The van der Waals surface area contributed by atoms with Crippen molar-refractivity contribution in [1.82, 2.24) is 5.32 Å². The maximum atomic E-state index is 6.37. The molecule has 3 rings (SSSR count). The Kier molecular flexibility index (Phi) is 5.31. The summed E-state index contributed by atoms with van der Waals surface area (Å²) in [5, 5.41) is 4.81. The van der Waals surface area contributed by atoms with E-state index in [0.717, 1.165) is 17.7 Å². The minimum atomic E-state index is 0.367. The second kappa shape index (κ2) is 7.43. The summed E-state index contributed by atoms with van der Waals surface area (Å²) in [6, 6.07) is 12.0. The highest BCUT2D eigenvalue weighted by Gasteiger charge is 2.21. The molecule has 1 aliphatic rings. The van der Waals surface area contributed by atoms with Gasteiger partial charge < -0.3 is 14.8 Å². The van der Waals surface area contributed by atoms with Gasteiger partial charge in [0.05, 0.1) is 7.11 Å². The molecule has 0 aliphatic heterocycles. The number of ether oxygens (including phenoxy) is 2. The minimum Gasteiger partial charge on any atom is -0.493 e. The Balaban J connectivity index is 1.72. The van der Waals surface area contributed by atoms with E-state index in [-0.39, 0.29) is 0 Å². The molecule has 122 valence electrons. The van der Waals surface area contributed by atoms with Crippen LogP contribution in [0.2, 0.25) is 10.0 Å². The van der Waals surface area contributed by atoms with Crippen molar-refractivity contribution in [2.45, 2.75) is 32.0 Å². The monoisotopic (exact) mass is 351 g/mol. The highest BCUT2D eigenvalue weighted by molar-refractivity contribution is 6.31. The highest BCUT2D eigenvalue weighted by atomic mass is 35.5. The van der Waals surface area contributed by atoms with Crippen LogP contribution in [0.5, 0.6) is 11.5 Å². The van der Waals surface area contributed by atoms with E-state index in [2.05, 4.69) is 5.32 Å². The van der Waals surface area contributed by atoms with Crippen molar-refractivity contribution in [2.75, 3.05) is 7.11 Å². The molecule has 2 aromatic rings. The number of methoxy groups -OCH3 is 1. The van der Waals surface area contributed by atoms with E-state index in [9.17, 15) is 0 Å². The van der Waals surface area contributed by atoms with Gasteiger partial charge in [-0.05, 0) is 30.5 Å². The van der Waals surface area contributed by atoms with Gasteiger partial charge in [0.25, 0.3) is 0 Å². The van der Waals surface area contributed by atoms with Crippen molar-refractivity contribution in [3.05, 3.63) is 57.6 Å². The summed E-state index contributed by atoms with van der Waals surface area (Å²) in [7, 11) is 1.63. The van der Waals surface area contributed by atoms with Gasteiger partial charge in [-0.1, -0.05) is 41.4 Å². The average Bonchev–Trinajstić information content (AvgIpc) is 3.37. The van der Waals surface area contributed by atoms with Crippen molar-refractivity contribution >= 4 is 23.2 Å². The van der Waals surface area contributed by atoms with Gasteiger partial charge >= 0.3 is 0 Å². The number of hydrogen-bond acceptors (Lipinski definition) is 3. The van der Waals surface area contributed by atoms with Gasteiger partial charge in [0, 0.05) is 34.3 Å². The lowest BCUT2D eigenvalue weighted by molar-refractivity contribution is 0.284. The molecule has 0 amide bonds. The molecule has 2 aromatic carbocycles. The average molecular weight is 352 g/mol. The second-order valence-electron chi connectivity index (χ2n) is 5.63. The molecule has 1 N–H and O–H groups in total. The third-order valence-electron chi connectivity index (χ3n) is 3.83. The zero-order valence-corrected chi connectivity index (χ0v) is 14.5. The lowest BCUT2D eigenvalue weighted by atomic mass is 10.2. The van der Waals surface area contributed by atoms with E-state index in [1.54, 1.807) is 13.2 Å². The lowest BCUT2D eigenvalue weighted by Gasteiger charge is -2.14. The molecule has 0 atom stereocenters. The molecule has 0 bridgehead atoms. The van der Waals surface area contributed by atoms with E-state index < -0.39 is 0 Å². The third-order valence-corrected chi connectivity index (χ3v) is 4.55. The Hall–Kier alpha value is -1.42. The summed E-state index contributed by atoms with van der Waals surface area (Å²) in [6.07, 6.45) is 2.49. The van der Waals surface area contributed by atoms with Gasteiger partial charge in [0.15, 0.2) is 11.5 Å². The zero-order valence-electron chi connectivity index (χ0n) is 12.9. The SMILES string of the molecule is COc1cc(CNC2CC2)c(Cl)cc1OCc1ccccc1Cl. The summed E-state index contributed by atoms with van der Waals surface area (Å²) in [5.41, 5.74) is 1.94. The van der Waals surface area contributed by atoms with Crippen LogP contribution in [0, 0.1) is 0 Å². The summed E-state index contributed by atoms with van der Waals surface area (Å²) in [4.78, 5) is 0. The predicted molar refractivity (Wildman–Crippen MR) is 93.6 cm³/mol. The van der Waals surface area contributed by atoms with Crippen LogP contribution in [0.1, 0.15) is 24.0 Å². The van der Waals surface area contributed by atoms with Gasteiger partial charge in [0.2, 0.25) is 0 Å². The van der Waals surface area contributed by atoms with Crippen LogP contribution in [0.25, 0.3) is 0 Å². The van der Waals surface area contributed by atoms with Crippen LogP contribution >= 0.6 is 23.2 Å². The standard InChI is InChI=1S/C18H19Cl2NO2/c1-22-17-8-13(10-21-14-6-7-14)16(20)9-18(17)23-11-12-4-2-3-5-15(12)19/h2-5,8-9,14,21H,6-7,10-11H2,1H3. The van der Waals surface area contributed by atoms with Crippen LogP contribution in [0.4, 0.5) is 0 Å². The maximum Gasteiger partial charge on any atom is 0.163 e. The fraction of sp³-hybridized carbons (Fsp3) is 0.333. The summed E-state index contributed by atoms with van der Waals surface area (Å²) in [6.45, 7) is 1.11. The summed E-state index contributed by atoms with van der Waals surface area (Å²) in [5.74, 6) is 1.29. The Bertz CT molecular complexity index is 687. The van der Waals surface area contributed by atoms with Crippen LogP contribution in [-0.2, 0) is 13.2 Å². The predicted octanol–water partition coefficient (Wildman–Crippen LogP) is 4.83. The molecule has 5 heteroatoms. The number of halogens is 2. The van der Waals surface area contributed by atoms with E-state index in [1.165, 1.54) is 12.8 Å². The highest BCUT2D eigenvalue weighted by Crippen LogP contribution is 2.34. The maximum absolute atomic E-state index is 6.37. The molecule has 0 unspecified atom stereocenters. The quantitative estimate of drug-likeness (QED) is 0.774. The van der Waals surface area contributed by atoms with Crippen molar-refractivity contribution in [2.24, 2.45) is 0 Å². The molecular weight excluding hydrogens is 333 g/mol. The molecule has 0 aromatic heterocycles. The third kappa shape index (κ3) is 4.31. The summed E-state index contributed by atoms with van der Waals surface area (Å²) < 4.78 is 11.3. The van der Waals surface area contributed by atoms with Crippen LogP contribution < -0.4 is 14.8 Å².